The molecule has 96 valence electrons. The van der Waals surface area contributed by atoms with Crippen LogP contribution >= 0.6 is 0 Å². The number of benzene rings is 1. The molecule has 0 saturated carbocycles. The second kappa shape index (κ2) is 6.00. The van der Waals surface area contributed by atoms with Gasteiger partial charge in [-0.25, -0.2) is 13.1 Å². The van der Waals surface area contributed by atoms with Gasteiger partial charge in [0.1, 0.15) is 5.75 Å². The summed E-state index contributed by atoms with van der Waals surface area (Å²) in [5.41, 5.74) is 0.564. The van der Waals surface area contributed by atoms with Gasteiger partial charge in [-0.2, -0.15) is 0 Å². The highest BCUT2D eigenvalue weighted by Gasteiger charge is 2.15. The Hall–Kier alpha value is -1.11. The lowest BCUT2D eigenvalue weighted by Crippen LogP contribution is -2.29. The van der Waals surface area contributed by atoms with Crippen molar-refractivity contribution in [3.63, 3.8) is 0 Å². The second-order valence-electron chi connectivity index (χ2n) is 3.51. The molecule has 0 radical (unpaired) electrons. The number of aliphatic hydroxyl groups excluding tert-OH is 1. The third kappa shape index (κ3) is 3.99. The van der Waals surface area contributed by atoms with Gasteiger partial charge in [0.25, 0.3) is 0 Å². The van der Waals surface area contributed by atoms with Gasteiger partial charge in [-0.05, 0) is 13.0 Å². The minimum absolute atomic E-state index is 0.00829. The maximum atomic E-state index is 11.2. The van der Waals surface area contributed by atoms with E-state index in [1.165, 1.54) is 14.0 Å². The second-order valence-corrected chi connectivity index (χ2v) is 5.61. The summed E-state index contributed by atoms with van der Waals surface area (Å²) in [6, 6.07) is 6.96. The lowest BCUT2D eigenvalue weighted by Gasteiger charge is -2.15. The van der Waals surface area contributed by atoms with E-state index in [2.05, 4.69) is 4.72 Å². The molecule has 17 heavy (non-hydrogen) atoms. The molecule has 2 N–H and O–H groups in total. The Balaban J connectivity index is 2.73. The van der Waals surface area contributed by atoms with Crippen molar-refractivity contribution in [3.8, 4) is 5.75 Å². The Morgan fingerprint density at radius 3 is 2.65 bits per heavy atom. The molecule has 1 aromatic carbocycles. The number of hydrogen-bond acceptors (Lipinski definition) is 4. The predicted octanol–water partition coefficient (Wildman–Crippen LogP) is 0.668. The summed E-state index contributed by atoms with van der Waals surface area (Å²) in [4.78, 5) is 0. The molecule has 5 nitrogen and oxygen atoms in total. The van der Waals surface area contributed by atoms with E-state index in [4.69, 9.17) is 4.74 Å². The Morgan fingerprint density at radius 1 is 1.41 bits per heavy atom. The minimum Gasteiger partial charge on any atom is -0.496 e. The third-order valence-electron chi connectivity index (χ3n) is 2.37. The molecule has 1 rings (SSSR count). The molecule has 0 spiro atoms. The fourth-order valence-corrected chi connectivity index (χ4v) is 1.98. The zero-order valence-electron chi connectivity index (χ0n) is 9.88. The van der Waals surface area contributed by atoms with E-state index in [1.807, 2.05) is 0 Å². The molecule has 0 heterocycles. The highest BCUT2D eigenvalue weighted by molar-refractivity contribution is 7.89. The van der Waals surface area contributed by atoms with Crippen LogP contribution in [0.2, 0.25) is 0 Å². The summed E-state index contributed by atoms with van der Waals surface area (Å²) >= 11 is 0. The smallest absolute Gasteiger partial charge is 0.211 e. The summed E-state index contributed by atoms with van der Waals surface area (Å²) in [5.74, 6) is 0.529. The van der Waals surface area contributed by atoms with Gasteiger partial charge >= 0.3 is 0 Å². The standard InChI is InChI=1S/C11H17NO4S/c1-3-17(14,15)12-8-10(13)9-6-4-5-7-11(9)16-2/h4-7,10,12-13H,3,8H2,1-2H3. The van der Waals surface area contributed by atoms with E-state index in [0.29, 0.717) is 11.3 Å². The van der Waals surface area contributed by atoms with Gasteiger partial charge in [0.15, 0.2) is 0 Å². The van der Waals surface area contributed by atoms with Crippen molar-refractivity contribution in [2.24, 2.45) is 0 Å². The molecule has 0 saturated heterocycles. The number of aliphatic hydroxyl groups is 1. The summed E-state index contributed by atoms with van der Waals surface area (Å²) in [6.45, 7) is 1.48. The molecule has 1 unspecified atom stereocenters. The van der Waals surface area contributed by atoms with Crippen LogP contribution in [0.15, 0.2) is 24.3 Å². The van der Waals surface area contributed by atoms with E-state index >= 15 is 0 Å². The van der Waals surface area contributed by atoms with Gasteiger partial charge in [-0.3, -0.25) is 0 Å². The SMILES string of the molecule is CCS(=O)(=O)NCC(O)c1ccccc1OC. The van der Waals surface area contributed by atoms with Crippen LogP contribution in [0.4, 0.5) is 0 Å². The van der Waals surface area contributed by atoms with Gasteiger partial charge in [-0.15, -0.1) is 0 Å². The Morgan fingerprint density at radius 2 is 2.06 bits per heavy atom. The van der Waals surface area contributed by atoms with Crippen molar-refractivity contribution in [2.45, 2.75) is 13.0 Å². The number of ether oxygens (including phenoxy) is 1. The van der Waals surface area contributed by atoms with E-state index in [9.17, 15) is 13.5 Å². The van der Waals surface area contributed by atoms with Crippen LogP contribution in [0, 0.1) is 0 Å². The zero-order chi connectivity index (χ0) is 12.9. The van der Waals surface area contributed by atoms with Crippen molar-refractivity contribution < 1.29 is 18.3 Å². The average Bonchev–Trinajstić information content (AvgIpc) is 2.36. The first-order chi connectivity index (χ1) is 8.00. The summed E-state index contributed by atoms with van der Waals surface area (Å²) in [7, 11) is -1.79. The summed E-state index contributed by atoms with van der Waals surface area (Å²) < 4.78 is 29.9. The number of hydrogen-bond donors (Lipinski definition) is 2. The normalized spacial score (nSPS) is 13.4. The average molecular weight is 259 g/mol. The Bertz CT molecular complexity index is 458. The van der Waals surface area contributed by atoms with Crippen molar-refractivity contribution in [2.75, 3.05) is 19.4 Å². The lowest BCUT2D eigenvalue weighted by molar-refractivity contribution is 0.177. The molecular weight excluding hydrogens is 242 g/mol. The quantitative estimate of drug-likeness (QED) is 0.787. The van der Waals surface area contributed by atoms with Crippen molar-refractivity contribution in [3.05, 3.63) is 29.8 Å². The fourth-order valence-electron chi connectivity index (χ4n) is 1.36. The predicted molar refractivity (Wildman–Crippen MR) is 65.4 cm³/mol. The molecule has 0 aromatic heterocycles. The molecule has 6 heteroatoms. The van der Waals surface area contributed by atoms with Gasteiger partial charge < -0.3 is 9.84 Å². The molecule has 0 aliphatic carbocycles. The van der Waals surface area contributed by atoms with Crippen LogP contribution in [0.1, 0.15) is 18.6 Å². The molecule has 0 aliphatic rings. The van der Waals surface area contributed by atoms with Gasteiger partial charge in [0, 0.05) is 12.1 Å². The van der Waals surface area contributed by atoms with Crippen LogP contribution in [0.5, 0.6) is 5.75 Å². The van der Waals surface area contributed by atoms with E-state index in [-0.39, 0.29) is 12.3 Å². The molecule has 0 aliphatic heterocycles. The Labute approximate surface area is 101 Å². The van der Waals surface area contributed by atoms with Gasteiger partial charge in [0.2, 0.25) is 10.0 Å². The van der Waals surface area contributed by atoms with Crippen molar-refractivity contribution >= 4 is 10.0 Å². The van der Waals surface area contributed by atoms with Crippen molar-refractivity contribution in [1.29, 1.82) is 0 Å². The first-order valence-electron chi connectivity index (χ1n) is 5.28. The third-order valence-corrected chi connectivity index (χ3v) is 3.74. The van der Waals surface area contributed by atoms with E-state index in [0.717, 1.165) is 0 Å². The monoisotopic (exact) mass is 259 g/mol. The number of nitrogens with one attached hydrogen (secondary N) is 1. The number of para-hydroxylation sites is 1. The minimum atomic E-state index is -3.29. The molecule has 0 fully saturated rings. The summed E-state index contributed by atoms with van der Waals surface area (Å²) in [5, 5.41) is 9.88. The first kappa shape index (κ1) is 14.0. The maximum Gasteiger partial charge on any atom is 0.211 e. The molecule has 1 atom stereocenters. The molecular formula is C11H17NO4S. The van der Waals surface area contributed by atoms with Crippen LogP contribution < -0.4 is 9.46 Å². The van der Waals surface area contributed by atoms with Crippen LogP contribution in [-0.2, 0) is 10.0 Å². The van der Waals surface area contributed by atoms with Gasteiger partial charge in [-0.1, -0.05) is 18.2 Å². The van der Waals surface area contributed by atoms with Crippen LogP contribution in [0.3, 0.4) is 0 Å². The van der Waals surface area contributed by atoms with E-state index in [1.54, 1.807) is 24.3 Å². The fraction of sp³-hybridized carbons (Fsp3) is 0.455. The zero-order valence-corrected chi connectivity index (χ0v) is 10.7. The molecule has 1 aromatic rings. The molecule has 0 amide bonds. The number of methoxy groups -OCH3 is 1. The number of rotatable bonds is 6. The highest BCUT2D eigenvalue weighted by Crippen LogP contribution is 2.24. The first-order valence-corrected chi connectivity index (χ1v) is 6.93. The topological polar surface area (TPSA) is 75.6 Å². The maximum absolute atomic E-state index is 11.2. The van der Waals surface area contributed by atoms with Crippen molar-refractivity contribution in [1.82, 2.24) is 4.72 Å². The number of sulfonamides is 1. The van der Waals surface area contributed by atoms with Crippen LogP contribution in [-0.4, -0.2) is 32.9 Å². The summed E-state index contributed by atoms with van der Waals surface area (Å²) in [6.07, 6.45) is -0.924. The Kier molecular flexibility index (Phi) is 4.92. The lowest BCUT2D eigenvalue weighted by atomic mass is 10.1. The van der Waals surface area contributed by atoms with Crippen LogP contribution in [0.25, 0.3) is 0 Å². The molecule has 0 bridgehead atoms. The van der Waals surface area contributed by atoms with Gasteiger partial charge in [0.05, 0.1) is 19.0 Å². The largest absolute Gasteiger partial charge is 0.496 e. The van der Waals surface area contributed by atoms with E-state index < -0.39 is 16.1 Å². The highest BCUT2D eigenvalue weighted by atomic mass is 32.2.